The van der Waals surface area contributed by atoms with Gasteiger partial charge in [0.2, 0.25) is 0 Å². The number of hydrogen-bond acceptors (Lipinski definition) is 3. The molecule has 1 unspecified atom stereocenters. The number of carbonyl (C=O) groups excluding carboxylic acids is 1. The fraction of sp³-hybridized carbons (Fsp3) is 0.429. The minimum Gasteiger partial charge on any atom is -0.396 e. The van der Waals surface area contributed by atoms with Gasteiger partial charge in [-0.2, -0.15) is 5.26 Å². The normalized spacial score (nSPS) is 18.1. The summed E-state index contributed by atoms with van der Waals surface area (Å²) in [7, 11) is 0. The number of carbonyl (C=O) groups is 1. The van der Waals surface area contributed by atoms with Gasteiger partial charge >= 0.3 is 0 Å². The van der Waals surface area contributed by atoms with E-state index in [1.165, 1.54) is 4.90 Å². The predicted octanol–water partition coefficient (Wildman–Crippen LogP) is 2.00. The van der Waals surface area contributed by atoms with Crippen molar-refractivity contribution in [2.75, 3.05) is 13.2 Å². The minimum absolute atomic E-state index is 0.0451. The molecular weight excluding hydrogens is 266 g/mol. The third-order valence-electron chi connectivity index (χ3n) is 3.32. The lowest BCUT2D eigenvalue weighted by Crippen LogP contribution is -2.38. The fourth-order valence-electron chi connectivity index (χ4n) is 2.28. The highest BCUT2D eigenvalue weighted by atomic mass is 19.1. The summed E-state index contributed by atoms with van der Waals surface area (Å²) in [5.41, 5.74) is -0.850. The summed E-state index contributed by atoms with van der Waals surface area (Å²) < 4.78 is 27.0. The molecule has 0 saturated carbocycles. The number of aliphatic hydroxyl groups is 1. The Labute approximate surface area is 115 Å². The van der Waals surface area contributed by atoms with Crippen molar-refractivity contribution in [3.63, 3.8) is 0 Å². The minimum atomic E-state index is -1.03. The largest absolute Gasteiger partial charge is 0.396 e. The standard InChI is InChI=1S/C14H14F2N2O2/c1-14(2,7-19)6-18-11(5-17)9-3-8(15)4-10(16)12(9)13(18)20/h3-4,11,19H,6-7H2,1-2H3. The van der Waals surface area contributed by atoms with Crippen molar-refractivity contribution in [1.29, 1.82) is 5.26 Å². The molecule has 0 fully saturated rings. The number of hydrogen-bond donors (Lipinski definition) is 1. The zero-order valence-corrected chi connectivity index (χ0v) is 11.2. The molecule has 0 aliphatic carbocycles. The Hall–Kier alpha value is -2.00. The second-order valence-electron chi connectivity index (χ2n) is 5.64. The van der Waals surface area contributed by atoms with Crippen LogP contribution in [0, 0.1) is 28.4 Å². The molecule has 2 rings (SSSR count). The Morgan fingerprint density at radius 2 is 2.10 bits per heavy atom. The number of nitriles is 1. The van der Waals surface area contributed by atoms with Crippen molar-refractivity contribution < 1.29 is 18.7 Å². The molecule has 0 aromatic heterocycles. The Kier molecular flexibility index (Phi) is 3.48. The molecular formula is C14H14F2N2O2. The van der Waals surface area contributed by atoms with Gasteiger partial charge < -0.3 is 10.0 Å². The van der Waals surface area contributed by atoms with E-state index in [1.54, 1.807) is 13.8 Å². The van der Waals surface area contributed by atoms with E-state index < -0.39 is 29.0 Å². The van der Waals surface area contributed by atoms with E-state index in [0.29, 0.717) is 6.07 Å². The monoisotopic (exact) mass is 280 g/mol. The summed E-state index contributed by atoms with van der Waals surface area (Å²) >= 11 is 0. The van der Waals surface area contributed by atoms with E-state index in [2.05, 4.69) is 0 Å². The van der Waals surface area contributed by atoms with Gasteiger partial charge in [0.25, 0.3) is 5.91 Å². The van der Waals surface area contributed by atoms with Crippen molar-refractivity contribution in [1.82, 2.24) is 4.90 Å². The highest BCUT2D eigenvalue weighted by Crippen LogP contribution is 2.37. The van der Waals surface area contributed by atoms with Crippen LogP contribution in [0.15, 0.2) is 12.1 Å². The van der Waals surface area contributed by atoms with Crippen LogP contribution in [-0.4, -0.2) is 29.1 Å². The van der Waals surface area contributed by atoms with Gasteiger partial charge in [-0.15, -0.1) is 0 Å². The first kappa shape index (κ1) is 14.4. The molecule has 1 aliphatic rings. The second-order valence-corrected chi connectivity index (χ2v) is 5.64. The molecule has 6 heteroatoms. The molecule has 106 valence electrons. The van der Waals surface area contributed by atoms with Gasteiger partial charge in [-0.25, -0.2) is 8.78 Å². The molecule has 0 radical (unpaired) electrons. The fourth-order valence-corrected chi connectivity index (χ4v) is 2.28. The first-order valence-electron chi connectivity index (χ1n) is 6.11. The first-order chi connectivity index (χ1) is 9.30. The molecule has 0 spiro atoms. The highest BCUT2D eigenvalue weighted by Gasteiger charge is 2.41. The SMILES string of the molecule is CC(C)(CO)CN1C(=O)c2c(F)cc(F)cc2C1C#N. The second kappa shape index (κ2) is 4.84. The average Bonchev–Trinajstić information content (AvgIpc) is 2.61. The molecule has 1 aliphatic heterocycles. The van der Waals surface area contributed by atoms with E-state index in [0.717, 1.165) is 6.07 Å². The summed E-state index contributed by atoms with van der Waals surface area (Å²) in [6, 6.07) is 2.50. The van der Waals surface area contributed by atoms with Crippen LogP contribution in [-0.2, 0) is 0 Å². The molecule has 0 saturated heterocycles. The van der Waals surface area contributed by atoms with E-state index in [-0.39, 0.29) is 24.3 Å². The van der Waals surface area contributed by atoms with Crippen LogP contribution in [0.4, 0.5) is 8.78 Å². The van der Waals surface area contributed by atoms with Gasteiger partial charge in [0.05, 0.1) is 11.6 Å². The maximum Gasteiger partial charge on any atom is 0.258 e. The zero-order chi connectivity index (χ0) is 15.1. The lowest BCUT2D eigenvalue weighted by atomic mass is 9.93. The first-order valence-corrected chi connectivity index (χ1v) is 6.11. The summed E-state index contributed by atoms with van der Waals surface area (Å²) in [5, 5.41) is 18.5. The quantitative estimate of drug-likeness (QED) is 0.921. The van der Waals surface area contributed by atoms with Crippen LogP contribution in [0.25, 0.3) is 0 Å². The molecule has 1 aromatic carbocycles. The van der Waals surface area contributed by atoms with Crippen LogP contribution in [0.2, 0.25) is 0 Å². The third kappa shape index (κ3) is 2.25. The summed E-state index contributed by atoms with van der Waals surface area (Å²) in [6.45, 7) is 3.32. The van der Waals surface area contributed by atoms with Crippen LogP contribution in [0.1, 0.15) is 35.8 Å². The molecule has 0 bridgehead atoms. The molecule has 1 amide bonds. The topological polar surface area (TPSA) is 64.3 Å². The summed E-state index contributed by atoms with van der Waals surface area (Å²) in [4.78, 5) is 13.4. The van der Waals surface area contributed by atoms with Crippen molar-refractivity contribution >= 4 is 5.91 Å². The van der Waals surface area contributed by atoms with Crippen molar-refractivity contribution in [2.24, 2.45) is 5.41 Å². The van der Waals surface area contributed by atoms with Gasteiger partial charge in [0.1, 0.15) is 17.7 Å². The van der Waals surface area contributed by atoms with Gasteiger partial charge in [0.15, 0.2) is 0 Å². The molecule has 4 nitrogen and oxygen atoms in total. The van der Waals surface area contributed by atoms with E-state index in [4.69, 9.17) is 0 Å². The van der Waals surface area contributed by atoms with Gasteiger partial charge in [-0.1, -0.05) is 13.8 Å². The van der Waals surface area contributed by atoms with E-state index in [1.807, 2.05) is 6.07 Å². The van der Waals surface area contributed by atoms with Crippen LogP contribution in [0.3, 0.4) is 0 Å². The van der Waals surface area contributed by atoms with Crippen molar-refractivity contribution in [3.8, 4) is 6.07 Å². The number of halogens is 2. The Balaban J connectivity index is 2.48. The number of benzene rings is 1. The maximum atomic E-state index is 13.8. The number of amides is 1. The van der Waals surface area contributed by atoms with Gasteiger partial charge in [-0.05, 0) is 6.07 Å². The molecule has 1 atom stereocenters. The van der Waals surface area contributed by atoms with Crippen molar-refractivity contribution in [2.45, 2.75) is 19.9 Å². The van der Waals surface area contributed by atoms with Crippen LogP contribution in [0.5, 0.6) is 0 Å². The van der Waals surface area contributed by atoms with E-state index >= 15 is 0 Å². The smallest absolute Gasteiger partial charge is 0.258 e. The molecule has 1 N–H and O–H groups in total. The molecule has 1 aromatic rings. The van der Waals surface area contributed by atoms with E-state index in [9.17, 15) is 23.9 Å². The van der Waals surface area contributed by atoms with Gasteiger partial charge in [-0.3, -0.25) is 4.79 Å². The number of fused-ring (bicyclic) bond motifs is 1. The van der Waals surface area contributed by atoms with Crippen LogP contribution >= 0.6 is 0 Å². The lowest BCUT2D eigenvalue weighted by molar-refractivity contribution is 0.0589. The highest BCUT2D eigenvalue weighted by molar-refractivity contribution is 6.00. The van der Waals surface area contributed by atoms with Crippen molar-refractivity contribution in [3.05, 3.63) is 34.9 Å². The molecule has 1 heterocycles. The molecule has 20 heavy (non-hydrogen) atoms. The third-order valence-corrected chi connectivity index (χ3v) is 3.32. The lowest BCUT2D eigenvalue weighted by Gasteiger charge is -2.30. The Morgan fingerprint density at radius 1 is 1.45 bits per heavy atom. The Morgan fingerprint density at radius 3 is 2.65 bits per heavy atom. The predicted molar refractivity (Wildman–Crippen MR) is 66.6 cm³/mol. The summed E-state index contributed by atoms with van der Waals surface area (Å²) in [6.07, 6.45) is 0. The number of rotatable bonds is 3. The number of nitrogens with zero attached hydrogens (tertiary/aromatic N) is 2. The number of aliphatic hydroxyl groups excluding tert-OH is 1. The van der Waals surface area contributed by atoms with Crippen LogP contribution < -0.4 is 0 Å². The average molecular weight is 280 g/mol. The summed E-state index contributed by atoms with van der Waals surface area (Å²) in [5.74, 6) is -2.43. The zero-order valence-electron chi connectivity index (χ0n) is 11.2. The Bertz CT molecular complexity index is 608. The van der Waals surface area contributed by atoms with Gasteiger partial charge in [0, 0.05) is 30.2 Å². The maximum absolute atomic E-state index is 13.8.